The van der Waals surface area contributed by atoms with Crippen LogP contribution < -0.4 is 5.32 Å². The summed E-state index contributed by atoms with van der Waals surface area (Å²) in [6.07, 6.45) is 8.78. The van der Waals surface area contributed by atoms with Crippen LogP contribution in [0.4, 0.5) is 0 Å². The number of hydrogen-bond acceptors (Lipinski definition) is 6. The van der Waals surface area contributed by atoms with E-state index in [0.29, 0.717) is 24.6 Å². The molecule has 1 saturated carbocycles. The smallest absolute Gasteiger partial charge is 0.270 e. The first-order valence-corrected chi connectivity index (χ1v) is 10.0. The summed E-state index contributed by atoms with van der Waals surface area (Å²) < 4.78 is 12.5. The quantitative estimate of drug-likeness (QED) is 0.657. The molecule has 1 aliphatic rings. The number of pyridine rings is 1. The number of nitrogens with zero attached hydrogens (tertiary/aromatic N) is 3. The zero-order valence-electron chi connectivity index (χ0n) is 17.3. The van der Waals surface area contributed by atoms with E-state index in [1.54, 1.807) is 56.4 Å². The fourth-order valence-electron chi connectivity index (χ4n) is 3.44. The van der Waals surface area contributed by atoms with E-state index >= 15 is 0 Å². The highest BCUT2D eigenvalue weighted by molar-refractivity contribution is 5.93. The van der Waals surface area contributed by atoms with Crippen molar-refractivity contribution in [2.75, 3.05) is 20.3 Å². The van der Waals surface area contributed by atoms with Gasteiger partial charge in [0.15, 0.2) is 0 Å². The highest BCUT2D eigenvalue weighted by Crippen LogP contribution is 2.24. The lowest BCUT2D eigenvalue weighted by molar-refractivity contribution is -0.00409. The largest absolute Gasteiger partial charge is 0.386 e. The number of carbonyl (C=O) groups excluding carboxylic acids is 1. The molecule has 1 amide bonds. The van der Waals surface area contributed by atoms with Crippen LogP contribution in [0.3, 0.4) is 0 Å². The molecule has 0 spiro atoms. The molecule has 0 saturated heterocycles. The third-order valence-corrected chi connectivity index (χ3v) is 5.17. The first kappa shape index (κ1) is 21.4. The molecule has 1 fully saturated rings. The van der Waals surface area contributed by atoms with Gasteiger partial charge in [-0.25, -0.2) is 9.97 Å². The van der Waals surface area contributed by atoms with Gasteiger partial charge < -0.3 is 19.9 Å². The molecule has 8 nitrogen and oxygen atoms in total. The molecule has 0 bridgehead atoms. The summed E-state index contributed by atoms with van der Waals surface area (Å²) in [6.45, 7) is 4.57. The van der Waals surface area contributed by atoms with Crippen LogP contribution in [0.2, 0.25) is 0 Å². The van der Waals surface area contributed by atoms with Crippen molar-refractivity contribution >= 4 is 5.91 Å². The lowest BCUT2D eigenvalue weighted by Crippen LogP contribution is -2.39. The summed E-state index contributed by atoms with van der Waals surface area (Å²) in [4.78, 5) is 21.4. The van der Waals surface area contributed by atoms with E-state index in [4.69, 9.17) is 9.47 Å². The van der Waals surface area contributed by atoms with Crippen LogP contribution in [-0.4, -0.2) is 58.0 Å². The average molecular weight is 402 g/mol. The minimum atomic E-state index is -1.09. The number of hydrogen-bond donors (Lipinski definition) is 2. The SMILES string of the molecule is COCCO[C@H]1CC[C@H](NC(=O)c2cc(C(C)(C)O)cc(-n3ccnc3)n2)CC1. The number of rotatable bonds is 8. The molecular weight excluding hydrogens is 372 g/mol. The predicted octanol–water partition coefficient (Wildman–Crippen LogP) is 2.20. The van der Waals surface area contributed by atoms with Crippen LogP contribution in [0.5, 0.6) is 0 Å². The Morgan fingerprint density at radius 1 is 1.28 bits per heavy atom. The first-order chi connectivity index (χ1) is 13.9. The molecule has 2 N–H and O–H groups in total. The van der Waals surface area contributed by atoms with Crippen LogP contribution in [0.15, 0.2) is 30.9 Å². The number of amides is 1. The van der Waals surface area contributed by atoms with Gasteiger partial charge >= 0.3 is 0 Å². The van der Waals surface area contributed by atoms with Crippen LogP contribution in [-0.2, 0) is 15.1 Å². The number of nitrogens with one attached hydrogen (secondary N) is 1. The molecule has 0 atom stereocenters. The third kappa shape index (κ3) is 5.85. The Morgan fingerprint density at radius 2 is 2.03 bits per heavy atom. The van der Waals surface area contributed by atoms with Gasteiger partial charge in [0, 0.05) is 25.5 Å². The summed E-state index contributed by atoms with van der Waals surface area (Å²) >= 11 is 0. The molecule has 0 unspecified atom stereocenters. The standard InChI is InChI=1S/C21H30N4O4/c1-21(2,27)15-12-18(24-19(13-15)25-9-8-22-14-25)20(26)23-16-4-6-17(7-5-16)29-11-10-28-3/h8-9,12-14,16-17,27H,4-7,10-11H2,1-3H3,(H,23,26)/t16-,17-. The Balaban J connectivity index is 1.67. The lowest BCUT2D eigenvalue weighted by atomic mass is 9.92. The van der Waals surface area contributed by atoms with Gasteiger partial charge in [0.25, 0.3) is 5.91 Å². The van der Waals surface area contributed by atoms with E-state index in [0.717, 1.165) is 25.7 Å². The summed E-state index contributed by atoms with van der Waals surface area (Å²) in [7, 11) is 1.66. The predicted molar refractivity (Wildman–Crippen MR) is 108 cm³/mol. The number of aliphatic hydroxyl groups is 1. The van der Waals surface area contributed by atoms with E-state index in [1.165, 1.54) is 0 Å². The van der Waals surface area contributed by atoms with Crippen molar-refractivity contribution in [2.24, 2.45) is 0 Å². The van der Waals surface area contributed by atoms with E-state index in [1.807, 2.05) is 0 Å². The molecule has 158 valence electrons. The maximum Gasteiger partial charge on any atom is 0.270 e. The van der Waals surface area contributed by atoms with Crippen molar-refractivity contribution in [3.63, 3.8) is 0 Å². The normalized spacial score (nSPS) is 19.9. The Labute approximate surface area is 171 Å². The summed E-state index contributed by atoms with van der Waals surface area (Å²) in [5.74, 6) is 0.309. The number of imidazole rings is 1. The van der Waals surface area contributed by atoms with Gasteiger partial charge in [-0.2, -0.15) is 0 Å². The molecule has 8 heteroatoms. The highest BCUT2D eigenvalue weighted by Gasteiger charge is 2.25. The summed E-state index contributed by atoms with van der Waals surface area (Å²) in [6, 6.07) is 3.50. The lowest BCUT2D eigenvalue weighted by Gasteiger charge is -2.29. The number of carbonyl (C=O) groups is 1. The number of methoxy groups -OCH3 is 1. The van der Waals surface area contributed by atoms with Gasteiger partial charge in [0.1, 0.15) is 17.8 Å². The molecule has 3 rings (SSSR count). The van der Waals surface area contributed by atoms with Crippen molar-refractivity contribution in [1.82, 2.24) is 19.9 Å². The van der Waals surface area contributed by atoms with Gasteiger partial charge in [-0.1, -0.05) is 0 Å². The molecule has 2 aromatic heterocycles. The Bertz CT molecular complexity index is 794. The second-order valence-corrected chi connectivity index (χ2v) is 7.94. The van der Waals surface area contributed by atoms with Crippen LogP contribution in [0.25, 0.3) is 5.82 Å². The Hall–Kier alpha value is -2.29. The van der Waals surface area contributed by atoms with E-state index in [2.05, 4.69) is 15.3 Å². The first-order valence-electron chi connectivity index (χ1n) is 10.0. The minimum absolute atomic E-state index is 0.0917. The molecule has 0 aliphatic heterocycles. The molecule has 2 aromatic rings. The molecule has 1 aliphatic carbocycles. The fraction of sp³-hybridized carbons (Fsp3) is 0.571. The topological polar surface area (TPSA) is 98.5 Å². The van der Waals surface area contributed by atoms with Gasteiger partial charge in [-0.3, -0.25) is 9.36 Å². The summed E-state index contributed by atoms with van der Waals surface area (Å²) in [5.41, 5.74) is -0.186. The van der Waals surface area contributed by atoms with E-state index in [9.17, 15) is 9.90 Å². The second kappa shape index (κ2) is 9.47. The molecular formula is C21H30N4O4. The Kier molecular flexibility index (Phi) is 7.00. The van der Waals surface area contributed by atoms with Crippen LogP contribution in [0.1, 0.15) is 55.6 Å². The molecule has 0 aromatic carbocycles. The van der Waals surface area contributed by atoms with E-state index in [-0.39, 0.29) is 23.7 Å². The van der Waals surface area contributed by atoms with Crippen LogP contribution in [0, 0.1) is 0 Å². The third-order valence-electron chi connectivity index (χ3n) is 5.17. The summed E-state index contributed by atoms with van der Waals surface area (Å²) in [5, 5.41) is 13.5. The van der Waals surface area contributed by atoms with Crippen molar-refractivity contribution in [3.8, 4) is 5.82 Å². The van der Waals surface area contributed by atoms with E-state index < -0.39 is 5.60 Å². The van der Waals surface area contributed by atoms with Gasteiger partial charge in [0.2, 0.25) is 0 Å². The Morgan fingerprint density at radius 3 is 2.66 bits per heavy atom. The van der Waals surface area contributed by atoms with Gasteiger partial charge in [-0.15, -0.1) is 0 Å². The average Bonchev–Trinajstić information content (AvgIpc) is 3.23. The number of aromatic nitrogens is 3. The van der Waals surface area contributed by atoms with Crippen molar-refractivity contribution in [2.45, 2.75) is 57.3 Å². The van der Waals surface area contributed by atoms with Gasteiger partial charge in [0.05, 0.1) is 24.9 Å². The fourth-order valence-corrected chi connectivity index (χ4v) is 3.44. The zero-order chi connectivity index (χ0) is 20.9. The highest BCUT2D eigenvalue weighted by atomic mass is 16.5. The van der Waals surface area contributed by atoms with Crippen LogP contribution >= 0.6 is 0 Å². The molecule has 2 heterocycles. The van der Waals surface area contributed by atoms with Gasteiger partial charge in [-0.05, 0) is 57.2 Å². The van der Waals surface area contributed by atoms with Crippen molar-refractivity contribution in [1.29, 1.82) is 0 Å². The minimum Gasteiger partial charge on any atom is -0.386 e. The monoisotopic (exact) mass is 402 g/mol. The zero-order valence-corrected chi connectivity index (χ0v) is 17.3. The molecule has 0 radical (unpaired) electrons. The molecule has 29 heavy (non-hydrogen) atoms. The second-order valence-electron chi connectivity index (χ2n) is 7.94. The van der Waals surface area contributed by atoms with Crippen molar-refractivity contribution in [3.05, 3.63) is 42.1 Å². The maximum absolute atomic E-state index is 12.9. The number of ether oxygens (including phenoxy) is 2. The van der Waals surface area contributed by atoms with Crippen molar-refractivity contribution < 1.29 is 19.4 Å². The maximum atomic E-state index is 12.9.